The van der Waals surface area contributed by atoms with Crippen molar-refractivity contribution < 1.29 is 14.7 Å². The van der Waals surface area contributed by atoms with Gasteiger partial charge >= 0.3 is 5.97 Å². The fourth-order valence-corrected chi connectivity index (χ4v) is 4.07. The Labute approximate surface area is 167 Å². The van der Waals surface area contributed by atoms with Crippen LogP contribution in [0.3, 0.4) is 0 Å². The molecule has 0 aliphatic carbocycles. The lowest BCUT2D eigenvalue weighted by atomic mass is 10.1. The molecular weight excluding hydrogens is 384 g/mol. The molecule has 1 aliphatic rings. The molecule has 0 unspecified atom stereocenters. The van der Waals surface area contributed by atoms with Crippen LogP contribution < -0.4 is 10.2 Å². The molecule has 1 fully saturated rings. The van der Waals surface area contributed by atoms with E-state index in [9.17, 15) is 9.59 Å². The zero-order chi connectivity index (χ0) is 19.2. The molecule has 0 aromatic heterocycles. The number of carbonyl (C=O) groups excluding carboxylic acids is 1. The van der Waals surface area contributed by atoms with Crippen molar-refractivity contribution in [3.8, 4) is 0 Å². The first-order valence-corrected chi connectivity index (χ1v) is 10.3. The molecule has 2 aromatic rings. The summed E-state index contributed by atoms with van der Waals surface area (Å²) in [7, 11) is 0. The summed E-state index contributed by atoms with van der Waals surface area (Å²) in [5, 5.41) is 12.4. The van der Waals surface area contributed by atoms with Crippen LogP contribution in [-0.4, -0.2) is 48.1 Å². The minimum absolute atomic E-state index is 0.145. The predicted molar refractivity (Wildman–Crippen MR) is 110 cm³/mol. The fraction of sp³-hybridized carbons (Fsp3) is 0.300. The molecule has 3 rings (SSSR count). The Bertz CT molecular complexity index is 820. The Hall–Kier alpha value is -2.18. The van der Waals surface area contributed by atoms with E-state index in [1.807, 2.05) is 23.9 Å². The number of nitrogens with zero attached hydrogens (tertiary/aromatic N) is 1. The third-order valence-corrected chi connectivity index (χ3v) is 5.63. The summed E-state index contributed by atoms with van der Waals surface area (Å²) in [5.41, 5.74) is 2.74. The van der Waals surface area contributed by atoms with Crippen LogP contribution in [0, 0.1) is 0 Å². The van der Waals surface area contributed by atoms with Crippen LogP contribution in [0.15, 0.2) is 42.5 Å². The Morgan fingerprint density at radius 2 is 1.81 bits per heavy atom. The number of rotatable bonds is 6. The minimum atomic E-state index is -0.945. The van der Waals surface area contributed by atoms with Crippen LogP contribution in [0.5, 0.6) is 0 Å². The molecule has 1 amide bonds. The highest BCUT2D eigenvalue weighted by Crippen LogP contribution is 2.26. The second-order valence-electron chi connectivity index (χ2n) is 6.27. The number of carbonyl (C=O) groups is 2. The van der Waals surface area contributed by atoms with E-state index < -0.39 is 5.97 Å². The van der Waals surface area contributed by atoms with E-state index in [0.29, 0.717) is 23.6 Å². The third-order valence-electron chi connectivity index (χ3n) is 4.46. The molecule has 0 atom stereocenters. The number of aromatic carboxylic acids is 1. The molecule has 27 heavy (non-hydrogen) atoms. The molecular formula is C20H21ClN2O3S. The van der Waals surface area contributed by atoms with E-state index in [2.05, 4.69) is 10.2 Å². The number of thioether (sulfide) groups is 1. The van der Waals surface area contributed by atoms with Crippen molar-refractivity contribution in [1.29, 1.82) is 0 Å². The molecule has 142 valence electrons. The number of carboxylic acid groups (broad SMARTS) is 1. The average molecular weight is 405 g/mol. The van der Waals surface area contributed by atoms with Gasteiger partial charge in [0.25, 0.3) is 5.91 Å². The molecule has 0 saturated carbocycles. The van der Waals surface area contributed by atoms with E-state index in [4.69, 9.17) is 16.7 Å². The standard InChI is InChI=1S/C20H21ClN2O3S/c21-16-5-6-18(23-9-11-27-12-10-23)17(13-16)19(24)22-8-7-14-1-3-15(4-2-14)20(25)26/h1-6,13H,7-12H2,(H,22,24)(H,25,26). The van der Waals surface area contributed by atoms with Gasteiger partial charge in [-0.25, -0.2) is 4.79 Å². The predicted octanol–water partition coefficient (Wildman–Crippen LogP) is 3.56. The molecule has 5 nitrogen and oxygen atoms in total. The molecule has 2 N–H and O–H groups in total. The summed E-state index contributed by atoms with van der Waals surface area (Å²) >= 11 is 8.04. The van der Waals surface area contributed by atoms with Crippen molar-refractivity contribution in [2.45, 2.75) is 6.42 Å². The number of nitrogens with one attached hydrogen (secondary N) is 1. The number of carboxylic acids is 1. The van der Waals surface area contributed by atoms with Crippen molar-refractivity contribution >= 4 is 40.9 Å². The van der Waals surface area contributed by atoms with Gasteiger partial charge in [-0.15, -0.1) is 0 Å². The molecule has 1 aliphatic heterocycles. The number of halogens is 1. The Morgan fingerprint density at radius 1 is 1.11 bits per heavy atom. The largest absolute Gasteiger partial charge is 0.478 e. The van der Waals surface area contributed by atoms with Gasteiger partial charge in [0, 0.05) is 41.8 Å². The zero-order valence-corrected chi connectivity index (χ0v) is 16.4. The summed E-state index contributed by atoms with van der Waals surface area (Å²) in [5.74, 6) is 1.01. The summed E-state index contributed by atoms with van der Waals surface area (Å²) in [6, 6.07) is 12.1. The third kappa shape index (κ3) is 5.17. The monoisotopic (exact) mass is 404 g/mol. The first kappa shape index (κ1) is 19.6. The first-order chi connectivity index (χ1) is 13.0. The SMILES string of the molecule is O=C(O)c1ccc(CCNC(=O)c2cc(Cl)ccc2N2CCSCC2)cc1. The van der Waals surface area contributed by atoms with Gasteiger partial charge < -0.3 is 15.3 Å². The number of anilines is 1. The normalized spacial score (nSPS) is 14.0. The van der Waals surface area contributed by atoms with Crippen molar-refractivity contribution in [3.63, 3.8) is 0 Å². The summed E-state index contributed by atoms with van der Waals surface area (Å²) in [6.07, 6.45) is 0.627. The highest BCUT2D eigenvalue weighted by atomic mass is 35.5. The van der Waals surface area contributed by atoms with Gasteiger partial charge in [-0.1, -0.05) is 23.7 Å². The average Bonchev–Trinajstić information content (AvgIpc) is 2.69. The quantitative estimate of drug-likeness (QED) is 0.770. The lowest BCUT2D eigenvalue weighted by Gasteiger charge is -2.30. The van der Waals surface area contributed by atoms with Crippen LogP contribution in [0.25, 0.3) is 0 Å². The number of amides is 1. The van der Waals surface area contributed by atoms with Crippen molar-refractivity contribution in [2.24, 2.45) is 0 Å². The summed E-state index contributed by atoms with van der Waals surface area (Å²) < 4.78 is 0. The van der Waals surface area contributed by atoms with E-state index in [0.717, 1.165) is 35.8 Å². The smallest absolute Gasteiger partial charge is 0.335 e. The van der Waals surface area contributed by atoms with E-state index in [-0.39, 0.29) is 11.5 Å². The highest BCUT2D eigenvalue weighted by Gasteiger charge is 2.19. The van der Waals surface area contributed by atoms with Gasteiger partial charge in [-0.2, -0.15) is 11.8 Å². The first-order valence-electron chi connectivity index (χ1n) is 8.77. The topological polar surface area (TPSA) is 69.6 Å². The molecule has 2 aromatic carbocycles. The van der Waals surface area contributed by atoms with Gasteiger partial charge in [0.2, 0.25) is 0 Å². The van der Waals surface area contributed by atoms with E-state index in [1.54, 1.807) is 30.3 Å². The number of hydrogen-bond acceptors (Lipinski definition) is 4. The maximum Gasteiger partial charge on any atom is 0.335 e. The van der Waals surface area contributed by atoms with E-state index in [1.165, 1.54) is 0 Å². The van der Waals surface area contributed by atoms with Crippen molar-refractivity contribution in [2.75, 3.05) is 36.0 Å². The van der Waals surface area contributed by atoms with Gasteiger partial charge in [-0.05, 0) is 42.3 Å². The molecule has 0 radical (unpaired) electrons. The maximum atomic E-state index is 12.7. The lowest BCUT2D eigenvalue weighted by Crippen LogP contribution is -2.35. The van der Waals surface area contributed by atoms with Crippen LogP contribution in [-0.2, 0) is 6.42 Å². The molecule has 0 bridgehead atoms. The van der Waals surface area contributed by atoms with Crippen molar-refractivity contribution in [1.82, 2.24) is 5.32 Å². The number of benzene rings is 2. The minimum Gasteiger partial charge on any atom is -0.478 e. The Kier molecular flexibility index (Phi) is 6.63. The number of hydrogen-bond donors (Lipinski definition) is 2. The van der Waals surface area contributed by atoms with Crippen LogP contribution in [0.4, 0.5) is 5.69 Å². The molecule has 7 heteroatoms. The maximum absolute atomic E-state index is 12.7. The second kappa shape index (κ2) is 9.15. The fourth-order valence-electron chi connectivity index (χ4n) is 3.00. The lowest BCUT2D eigenvalue weighted by molar-refractivity contribution is 0.0696. The van der Waals surface area contributed by atoms with Gasteiger partial charge in [0.15, 0.2) is 0 Å². The molecule has 1 saturated heterocycles. The van der Waals surface area contributed by atoms with Crippen LogP contribution in [0.1, 0.15) is 26.3 Å². The van der Waals surface area contributed by atoms with Crippen LogP contribution >= 0.6 is 23.4 Å². The van der Waals surface area contributed by atoms with E-state index >= 15 is 0 Å². The highest BCUT2D eigenvalue weighted by molar-refractivity contribution is 7.99. The van der Waals surface area contributed by atoms with Crippen molar-refractivity contribution in [3.05, 3.63) is 64.2 Å². The van der Waals surface area contributed by atoms with Gasteiger partial charge in [0.05, 0.1) is 11.1 Å². The van der Waals surface area contributed by atoms with Gasteiger partial charge in [0.1, 0.15) is 0 Å². The van der Waals surface area contributed by atoms with Gasteiger partial charge in [-0.3, -0.25) is 4.79 Å². The summed E-state index contributed by atoms with van der Waals surface area (Å²) in [6.45, 7) is 2.30. The zero-order valence-electron chi connectivity index (χ0n) is 14.8. The second-order valence-corrected chi connectivity index (χ2v) is 7.93. The Balaban J connectivity index is 1.63. The van der Waals surface area contributed by atoms with Crippen LogP contribution in [0.2, 0.25) is 5.02 Å². The molecule has 0 spiro atoms. The Morgan fingerprint density at radius 3 is 2.48 bits per heavy atom. The molecule has 1 heterocycles. The summed E-state index contributed by atoms with van der Waals surface area (Å²) in [4.78, 5) is 25.8.